The van der Waals surface area contributed by atoms with Crippen LogP contribution < -0.4 is 10.1 Å². The van der Waals surface area contributed by atoms with E-state index >= 15 is 0 Å². The van der Waals surface area contributed by atoms with Crippen molar-refractivity contribution in [3.05, 3.63) is 131 Å². The number of para-hydroxylation sites is 1. The van der Waals surface area contributed by atoms with Crippen molar-refractivity contribution in [1.82, 2.24) is 4.90 Å². The Labute approximate surface area is 199 Å². The molecule has 0 aromatic heterocycles. The molecule has 0 atom stereocenters. The minimum absolute atomic E-state index is 0.167. The lowest BCUT2D eigenvalue weighted by molar-refractivity contribution is 0.0786. The molecule has 170 valence electrons. The summed E-state index contributed by atoms with van der Waals surface area (Å²) in [5, 5.41) is 2.89. The maximum atomic E-state index is 13.1. The number of carbonyl (C=O) groups is 2. The summed E-state index contributed by atoms with van der Waals surface area (Å²) < 4.78 is 5.84. The van der Waals surface area contributed by atoms with E-state index in [1.807, 2.05) is 66.7 Å². The normalized spacial score (nSPS) is 10.4. The maximum absolute atomic E-state index is 13.1. The fourth-order valence-corrected chi connectivity index (χ4v) is 3.58. The molecule has 0 aliphatic heterocycles. The highest BCUT2D eigenvalue weighted by Gasteiger charge is 2.18. The van der Waals surface area contributed by atoms with Gasteiger partial charge in [-0.25, -0.2) is 0 Å². The van der Waals surface area contributed by atoms with Crippen molar-refractivity contribution in [2.24, 2.45) is 0 Å². The summed E-state index contributed by atoms with van der Waals surface area (Å²) in [6, 6.07) is 33.7. The number of amides is 2. The summed E-state index contributed by atoms with van der Waals surface area (Å²) in [6.07, 6.45) is 0. The van der Waals surface area contributed by atoms with Gasteiger partial charge in [-0.2, -0.15) is 0 Å². The lowest BCUT2D eigenvalue weighted by Gasteiger charge is -2.19. The molecule has 0 radical (unpaired) electrons. The minimum atomic E-state index is -0.309. The van der Waals surface area contributed by atoms with Gasteiger partial charge in [0.05, 0.1) is 11.3 Å². The van der Waals surface area contributed by atoms with E-state index in [4.69, 9.17) is 4.74 Å². The smallest absolute Gasteiger partial charge is 0.256 e. The number of anilines is 1. The molecule has 2 amide bonds. The van der Waals surface area contributed by atoms with Crippen LogP contribution in [0.5, 0.6) is 5.75 Å². The maximum Gasteiger partial charge on any atom is 0.256 e. The molecular weight excluding hydrogens is 424 g/mol. The zero-order valence-corrected chi connectivity index (χ0v) is 19.0. The molecule has 4 aromatic carbocycles. The van der Waals surface area contributed by atoms with E-state index in [-0.39, 0.29) is 11.8 Å². The lowest BCUT2D eigenvalue weighted by Crippen LogP contribution is -2.27. The van der Waals surface area contributed by atoms with Crippen LogP contribution in [0.3, 0.4) is 0 Å². The van der Waals surface area contributed by atoms with Crippen molar-refractivity contribution < 1.29 is 14.3 Å². The van der Waals surface area contributed by atoms with Crippen LogP contribution in [0.2, 0.25) is 0 Å². The second-order valence-corrected chi connectivity index (χ2v) is 7.95. The third kappa shape index (κ3) is 5.90. The Bertz CT molecular complexity index is 1260. The van der Waals surface area contributed by atoms with Gasteiger partial charge in [0.1, 0.15) is 12.4 Å². The average Bonchev–Trinajstić information content (AvgIpc) is 2.89. The first kappa shape index (κ1) is 22.8. The summed E-state index contributed by atoms with van der Waals surface area (Å²) >= 11 is 0. The molecule has 0 fully saturated rings. The molecule has 0 saturated heterocycles. The predicted molar refractivity (Wildman–Crippen MR) is 134 cm³/mol. The van der Waals surface area contributed by atoms with Gasteiger partial charge in [0.2, 0.25) is 0 Å². The van der Waals surface area contributed by atoms with Gasteiger partial charge in [0.25, 0.3) is 11.8 Å². The zero-order valence-electron chi connectivity index (χ0n) is 19.0. The Morgan fingerprint density at radius 2 is 1.41 bits per heavy atom. The van der Waals surface area contributed by atoms with Crippen molar-refractivity contribution in [3.8, 4) is 5.75 Å². The first-order valence-corrected chi connectivity index (χ1v) is 11.1. The molecule has 1 N–H and O–H groups in total. The van der Waals surface area contributed by atoms with Crippen LogP contribution >= 0.6 is 0 Å². The average molecular weight is 451 g/mol. The molecule has 34 heavy (non-hydrogen) atoms. The summed E-state index contributed by atoms with van der Waals surface area (Å²) in [7, 11) is 1.75. The van der Waals surface area contributed by atoms with Gasteiger partial charge in [0.15, 0.2) is 0 Å². The highest BCUT2D eigenvalue weighted by molar-refractivity contribution is 6.09. The molecule has 0 bridgehead atoms. The van der Waals surface area contributed by atoms with Gasteiger partial charge in [-0.3, -0.25) is 9.59 Å². The van der Waals surface area contributed by atoms with Gasteiger partial charge in [0, 0.05) is 19.2 Å². The summed E-state index contributed by atoms with van der Waals surface area (Å²) in [5.41, 5.74) is 3.43. The Kier molecular flexibility index (Phi) is 7.35. The standard InChI is InChI=1S/C29H26N2O3/c1-31(20-22-11-4-2-5-12-22)29(33)26-17-8-9-18-27(26)30-28(32)24-15-10-16-25(19-24)34-21-23-13-6-3-7-14-23/h2-19H,20-21H2,1H3,(H,30,32). The third-order valence-corrected chi connectivity index (χ3v) is 5.36. The van der Waals surface area contributed by atoms with E-state index in [1.165, 1.54) is 0 Å². The highest BCUT2D eigenvalue weighted by Crippen LogP contribution is 2.21. The summed E-state index contributed by atoms with van der Waals surface area (Å²) in [4.78, 5) is 27.7. The molecule has 0 saturated carbocycles. The second kappa shape index (κ2) is 11.0. The molecule has 0 aliphatic carbocycles. The Morgan fingerprint density at radius 3 is 2.15 bits per heavy atom. The van der Waals surface area contributed by atoms with E-state index < -0.39 is 0 Å². The molecule has 0 unspecified atom stereocenters. The molecule has 0 aliphatic rings. The van der Waals surface area contributed by atoms with Gasteiger partial charge >= 0.3 is 0 Å². The van der Waals surface area contributed by atoms with Gasteiger partial charge in [-0.1, -0.05) is 78.9 Å². The number of hydrogen-bond donors (Lipinski definition) is 1. The van der Waals surface area contributed by atoms with Crippen molar-refractivity contribution in [3.63, 3.8) is 0 Å². The third-order valence-electron chi connectivity index (χ3n) is 5.36. The molecule has 4 rings (SSSR count). The Balaban J connectivity index is 1.45. The van der Waals surface area contributed by atoms with E-state index in [1.54, 1.807) is 54.4 Å². The molecule has 5 heteroatoms. The fraction of sp³-hybridized carbons (Fsp3) is 0.103. The number of hydrogen-bond acceptors (Lipinski definition) is 3. The van der Waals surface area contributed by atoms with Crippen molar-refractivity contribution in [1.29, 1.82) is 0 Å². The van der Waals surface area contributed by atoms with E-state index in [9.17, 15) is 9.59 Å². The Hall–Kier alpha value is -4.38. The number of ether oxygens (including phenoxy) is 1. The van der Waals surface area contributed by atoms with E-state index in [2.05, 4.69) is 5.32 Å². The van der Waals surface area contributed by atoms with Crippen LogP contribution in [-0.2, 0) is 13.2 Å². The van der Waals surface area contributed by atoms with Gasteiger partial charge in [-0.05, 0) is 41.5 Å². The van der Waals surface area contributed by atoms with Crippen LogP contribution in [0.15, 0.2) is 109 Å². The van der Waals surface area contributed by atoms with E-state index in [0.29, 0.717) is 35.7 Å². The van der Waals surface area contributed by atoms with Gasteiger partial charge in [-0.15, -0.1) is 0 Å². The van der Waals surface area contributed by atoms with Crippen LogP contribution in [0.4, 0.5) is 5.69 Å². The molecule has 5 nitrogen and oxygen atoms in total. The first-order chi connectivity index (χ1) is 16.6. The van der Waals surface area contributed by atoms with Gasteiger partial charge < -0.3 is 15.0 Å². The predicted octanol–water partition coefficient (Wildman–Crippen LogP) is 5.79. The quantitative estimate of drug-likeness (QED) is 0.370. The van der Waals surface area contributed by atoms with E-state index in [0.717, 1.165) is 11.1 Å². The monoisotopic (exact) mass is 450 g/mol. The fourth-order valence-electron chi connectivity index (χ4n) is 3.58. The van der Waals surface area contributed by atoms with Crippen LogP contribution in [0.1, 0.15) is 31.8 Å². The number of carbonyl (C=O) groups excluding carboxylic acids is 2. The topological polar surface area (TPSA) is 58.6 Å². The minimum Gasteiger partial charge on any atom is -0.489 e. The van der Waals surface area contributed by atoms with Crippen LogP contribution in [-0.4, -0.2) is 23.8 Å². The number of benzene rings is 4. The SMILES string of the molecule is CN(Cc1ccccc1)C(=O)c1ccccc1NC(=O)c1cccc(OCc2ccccc2)c1. The zero-order chi connectivity index (χ0) is 23.8. The number of nitrogens with zero attached hydrogens (tertiary/aromatic N) is 1. The summed E-state index contributed by atoms with van der Waals surface area (Å²) in [5.74, 6) is 0.124. The summed E-state index contributed by atoms with van der Waals surface area (Å²) in [6.45, 7) is 0.889. The Morgan fingerprint density at radius 1 is 0.765 bits per heavy atom. The first-order valence-electron chi connectivity index (χ1n) is 11.1. The molecule has 4 aromatic rings. The molecule has 0 heterocycles. The molecular formula is C29H26N2O3. The van der Waals surface area contributed by atoms with Crippen LogP contribution in [0, 0.1) is 0 Å². The van der Waals surface area contributed by atoms with Crippen molar-refractivity contribution in [2.75, 3.05) is 12.4 Å². The number of rotatable bonds is 8. The second-order valence-electron chi connectivity index (χ2n) is 7.95. The molecule has 0 spiro atoms. The van der Waals surface area contributed by atoms with Crippen LogP contribution in [0.25, 0.3) is 0 Å². The lowest BCUT2D eigenvalue weighted by atomic mass is 10.1. The van der Waals surface area contributed by atoms with Crippen molar-refractivity contribution in [2.45, 2.75) is 13.2 Å². The largest absolute Gasteiger partial charge is 0.489 e. The van der Waals surface area contributed by atoms with Crippen molar-refractivity contribution >= 4 is 17.5 Å². The number of nitrogens with one attached hydrogen (secondary N) is 1. The highest BCUT2D eigenvalue weighted by atomic mass is 16.5.